The maximum Gasteiger partial charge on any atom is 0.409 e. The predicted octanol–water partition coefficient (Wildman–Crippen LogP) is 7.91. The molecule has 10 heteroatoms. The van der Waals surface area contributed by atoms with Gasteiger partial charge in [-0.3, -0.25) is 4.90 Å². The smallest absolute Gasteiger partial charge is 0.363 e. The van der Waals surface area contributed by atoms with Crippen molar-refractivity contribution in [1.29, 1.82) is 0 Å². The lowest BCUT2D eigenvalue weighted by atomic mass is 9.82. The highest BCUT2D eigenvalue weighted by atomic mass is 35.5. The number of benzene rings is 2. The number of halogens is 6. The summed E-state index contributed by atoms with van der Waals surface area (Å²) < 4.78 is 65.1. The number of fused-ring (bicyclic) bond motifs is 2. The standard InChI is InChI=1S/C26H26Cl2F4N2OS/c1-23(2,3)6-7-34-13-24(14-34)18-5-4-15(8-16(18)12-35-24)21-11-25(36-33-21,26(30,31)32)17-9-19(27)22(29)20(28)10-17/h4-5,8-10H,6-7,11-14H2,1-3H3. The Morgan fingerprint density at radius 1 is 1.08 bits per heavy atom. The number of hydrogen-bond donors (Lipinski definition) is 0. The molecule has 2 aromatic carbocycles. The lowest BCUT2D eigenvalue weighted by molar-refractivity contribution is -0.159. The highest BCUT2D eigenvalue weighted by Gasteiger charge is 2.60. The van der Waals surface area contributed by atoms with E-state index in [1.54, 1.807) is 0 Å². The van der Waals surface area contributed by atoms with Crippen molar-refractivity contribution in [2.75, 3.05) is 19.6 Å². The van der Waals surface area contributed by atoms with Gasteiger partial charge in [0.2, 0.25) is 0 Å². The van der Waals surface area contributed by atoms with Crippen molar-refractivity contribution < 1.29 is 22.3 Å². The van der Waals surface area contributed by atoms with Crippen LogP contribution in [0, 0.1) is 11.2 Å². The van der Waals surface area contributed by atoms with Crippen molar-refractivity contribution in [1.82, 2.24) is 4.90 Å². The third kappa shape index (κ3) is 4.47. The minimum atomic E-state index is -4.67. The maximum absolute atomic E-state index is 14.4. The van der Waals surface area contributed by atoms with Crippen molar-refractivity contribution >= 4 is 40.9 Å². The average Bonchev–Trinajstić information content (AvgIpc) is 3.37. The molecule has 194 valence electrons. The monoisotopic (exact) mass is 560 g/mol. The largest absolute Gasteiger partial charge is 0.409 e. The molecule has 3 aliphatic heterocycles. The zero-order valence-corrected chi connectivity index (χ0v) is 22.4. The van der Waals surface area contributed by atoms with Crippen molar-refractivity contribution in [2.45, 2.75) is 56.7 Å². The first-order chi connectivity index (χ1) is 16.7. The van der Waals surface area contributed by atoms with Crippen molar-refractivity contribution in [2.24, 2.45) is 9.81 Å². The summed E-state index contributed by atoms with van der Waals surface area (Å²) in [6, 6.07) is 7.65. The van der Waals surface area contributed by atoms with Gasteiger partial charge in [-0.05, 0) is 70.8 Å². The molecule has 1 unspecified atom stereocenters. The Balaban J connectivity index is 1.36. The zero-order valence-electron chi connectivity index (χ0n) is 20.1. The zero-order chi connectivity index (χ0) is 26.1. The Labute approximate surface area is 222 Å². The third-order valence-electron chi connectivity index (χ3n) is 7.21. The van der Waals surface area contributed by atoms with Crippen LogP contribution < -0.4 is 0 Å². The van der Waals surface area contributed by atoms with E-state index in [0.717, 1.165) is 49.3 Å². The molecule has 0 amide bonds. The van der Waals surface area contributed by atoms with Gasteiger partial charge in [-0.1, -0.05) is 56.1 Å². The molecular formula is C26H26Cl2F4N2OS. The van der Waals surface area contributed by atoms with E-state index in [-0.39, 0.29) is 16.6 Å². The number of alkyl halides is 3. The Morgan fingerprint density at radius 3 is 2.36 bits per heavy atom. The molecule has 3 nitrogen and oxygen atoms in total. The summed E-state index contributed by atoms with van der Waals surface area (Å²) in [5, 5.41) is -0.903. The number of ether oxygens (including phenoxy) is 1. The van der Waals surface area contributed by atoms with Gasteiger partial charge in [0.15, 0.2) is 10.6 Å². The van der Waals surface area contributed by atoms with E-state index >= 15 is 0 Å². The quantitative estimate of drug-likeness (QED) is 0.216. The Bertz CT molecular complexity index is 1210. The van der Waals surface area contributed by atoms with Gasteiger partial charge in [0, 0.05) is 19.5 Å². The normalized spacial score (nSPS) is 23.6. The highest BCUT2D eigenvalue weighted by Crippen LogP contribution is 2.57. The molecule has 5 rings (SSSR count). The van der Waals surface area contributed by atoms with Crippen LogP contribution in [0.2, 0.25) is 10.0 Å². The molecule has 3 heterocycles. The van der Waals surface area contributed by atoms with Crippen LogP contribution >= 0.6 is 35.1 Å². The summed E-state index contributed by atoms with van der Waals surface area (Å²) in [5.41, 5.74) is 2.73. The highest BCUT2D eigenvalue weighted by molar-refractivity contribution is 7.99. The van der Waals surface area contributed by atoms with Gasteiger partial charge in [-0.25, -0.2) is 8.79 Å². The summed E-state index contributed by atoms with van der Waals surface area (Å²) >= 11 is 12.1. The first-order valence-corrected chi connectivity index (χ1v) is 13.2. The minimum absolute atomic E-state index is 0.219. The van der Waals surface area contributed by atoms with Gasteiger partial charge in [-0.15, -0.1) is 0 Å². The van der Waals surface area contributed by atoms with Crippen molar-refractivity contribution in [3.63, 3.8) is 0 Å². The van der Waals surface area contributed by atoms with E-state index in [2.05, 4.69) is 30.1 Å². The molecule has 0 saturated carbocycles. The second-order valence-corrected chi connectivity index (χ2v) is 12.9. The Kier molecular flexibility index (Phi) is 6.48. The predicted molar refractivity (Wildman–Crippen MR) is 136 cm³/mol. The van der Waals surface area contributed by atoms with E-state index in [4.69, 9.17) is 27.9 Å². The van der Waals surface area contributed by atoms with Crippen molar-refractivity contribution in [3.8, 4) is 0 Å². The van der Waals surface area contributed by atoms with Gasteiger partial charge in [0.05, 0.1) is 22.4 Å². The van der Waals surface area contributed by atoms with E-state index in [1.807, 2.05) is 18.2 Å². The van der Waals surface area contributed by atoms with E-state index in [0.29, 0.717) is 29.8 Å². The molecule has 36 heavy (non-hydrogen) atoms. The molecule has 1 atom stereocenters. The molecule has 2 aromatic rings. The summed E-state index contributed by atoms with van der Waals surface area (Å²) in [7, 11) is 0. The Hall–Kier alpha value is -1.32. The lowest BCUT2D eigenvalue weighted by Crippen LogP contribution is -2.59. The van der Waals surface area contributed by atoms with Crippen LogP contribution in [0.3, 0.4) is 0 Å². The fourth-order valence-electron chi connectivity index (χ4n) is 5.07. The average molecular weight is 561 g/mol. The molecule has 1 saturated heterocycles. The maximum atomic E-state index is 14.4. The fraction of sp³-hybridized carbons (Fsp3) is 0.500. The number of hydrogen-bond acceptors (Lipinski definition) is 4. The molecule has 1 fully saturated rings. The van der Waals surface area contributed by atoms with Crippen LogP contribution in [0.5, 0.6) is 0 Å². The minimum Gasteiger partial charge on any atom is -0.363 e. The lowest BCUT2D eigenvalue weighted by Gasteiger charge is -2.48. The molecular weight excluding hydrogens is 535 g/mol. The number of likely N-dealkylation sites (tertiary alicyclic amines) is 1. The first-order valence-electron chi connectivity index (χ1n) is 11.7. The summed E-state index contributed by atoms with van der Waals surface area (Å²) in [6.07, 6.45) is -3.98. The van der Waals surface area contributed by atoms with Crippen LogP contribution in [0.4, 0.5) is 17.6 Å². The van der Waals surface area contributed by atoms with Crippen LogP contribution in [-0.4, -0.2) is 36.4 Å². The second kappa shape index (κ2) is 8.87. The SMILES string of the molecule is CC(C)(C)CCN1CC2(C1)OCc1cc(C3=NSC(c4cc(Cl)c(F)c(Cl)c4)(C(F)(F)F)C3)ccc12. The third-order valence-corrected chi connectivity index (χ3v) is 8.99. The molecule has 0 radical (unpaired) electrons. The molecule has 0 bridgehead atoms. The van der Waals surface area contributed by atoms with E-state index < -0.39 is 33.2 Å². The van der Waals surface area contributed by atoms with E-state index in [9.17, 15) is 17.6 Å². The number of nitrogens with zero attached hydrogens (tertiary/aromatic N) is 2. The van der Waals surface area contributed by atoms with E-state index in [1.165, 1.54) is 0 Å². The number of rotatable bonds is 4. The molecule has 0 aromatic heterocycles. The van der Waals surface area contributed by atoms with Gasteiger partial charge in [-0.2, -0.15) is 13.2 Å². The molecule has 0 aliphatic carbocycles. The van der Waals surface area contributed by atoms with Crippen LogP contribution in [0.15, 0.2) is 34.7 Å². The van der Waals surface area contributed by atoms with Crippen LogP contribution in [-0.2, 0) is 21.7 Å². The van der Waals surface area contributed by atoms with Gasteiger partial charge >= 0.3 is 6.18 Å². The summed E-state index contributed by atoms with van der Waals surface area (Å²) in [6.45, 7) is 9.73. The second-order valence-electron chi connectivity index (χ2n) is 11.1. The first kappa shape index (κ1) is 26.3. The summed E-state index contributed by atoms with van der Waals surface area (Å²) in [4.78, 5) is 2.38. The fourth-order valence-corrected chi connectivity index (χ4v) is 6.52. The molecule has 0 N–H and O–H groups in total. The molecule has 3 aliphatic rings. The van der Waals surface area contributed by atoms with Gasteiger partial charge < -0.3 is 4.74 Å². The van der Waals surface area contributed by atoms with Gasteiger partial charge in [0.1, 0.15) is 5.60 Å². The Morgan fingerprint density at radius 2 is 1.75 bits per heavy atom. The van der Waals surface area contributed by atoms with Crippen LogP contribution in [0.1, 0.15) is 55.9 Å². The summed E-state index contributed by atoms with van der Waals surface area (Å²) in [5.74, 6) is -0.941. The van der Waals surface area contributed by atoms with Crippen molar-refractivity contribution in [3.05, 3.63) is 68.4 Å². The topological polar surface area (TPSA) is 24.8 Å². The van der Waals surface area contributed by atoms with Crippen LogP contribution in [0.25, 0.3) is 0 Å². The van der Waals surface area contributed by atoms with Gasteiger partial charge in [0.25, 0.3) is 0 Å². The molecule has 1 spiro atoms.